The summed E-state index contributed by atoms with van der Waals surface area (Å²) in [6.07, 6.45) is 3.34. The normalized spacial score (nSPS) is 17.5. The molecule has 0 spiro atoms. The van der Waals surface area contributed by atoms with E-state index in [1.807, 2.05) is 27.7 Å². The number of hydrogen-bond donors (Lipinski definition) is 1. The van der Waals surface area contributed by atoms with E-state index in [0.717, 1.165) is 25.7 Å². The average molecular weight is 270 g/mol. The van der Waals surface area contributed by atoms with Crippen molar-refractivity contribution in [2.75, 3.05) is 6.54 Å². The highest BCUT2D eigenvalue weighted by Gasteiger charge is 2.39. The molecule has 0 heterocycles. The Morgan fingerprint density at radius 1 is 1.37 bits per heavy atom. The molecule has 2 amide bonds. The van der Waals surface area contributed by atoms with Crippen LogP contribution in [0.3, 0.4) is 0 Å². The lowest BCUT2D eigenvalue weighted by Crippen LogP contribution is -2.54. The Hall–Kier alpha value is -1.26. The fraction of sp³-hybridized carbons (Fsp3) is 0.857. The van der Waals surface area contributed by atoms with Crippen molar-refractivity contribution in [3.63, 3.8) is 0 Å². The third kappa shape index (κ3) is 4.40. The molecule has 2 N–H and O–H groups in total. The Kier molecular flexibility index (Phi) is 5.20. The van der Waals surface area contributed by atoms with Crippen LogP contribution in [0.25, 0.3) is 0 Å². The Morgan fingerprint density at radius 2 is 1.95 bits per heavy atom. The molecule has 1 aliphatic rings. The minimum Gasteiger partial charge on any atom is -0.444 e. The second kappa shape index (κ2) is 6.26. The monoisotopic (exact) mass is 270 g/mol. The van der Waals surface area contributed by atoms with E-state index in [0.29, 0.717) is 6.54 Å². The van der Waals surface area contributed by atoms with Crippen LogP contribution in [0.15, 0.2) is 0 Å². The van der Waals surface area contributed by atoms with Gasteiger partial charge in [0.1, 0.15) is 11.6 Å². The molecule has 1 unspecified atom stereocenters. The van der Waals surface area contributed by atoms with E-state index in [-0.39, 0.29) is 5.92 Å². The van der Waals surface area contributed by atoms with Crippen LogP contribution in [0.5, 0.6) is 0 Å². The Morgan fingerprint density at radius 3 is 2.26 bits per heavy atom. The van der Waals surface area contributed by atoms with E-state index < -0.39 is 23.6 Å². The van der Waals surface area contributed by atoms with Gasteiger partial charge in [-0.05, 0) is 46.0 Å². The molecular weight excluding hydrogens is 244 g/mol. The lowest BCUT2D eigenvalue weighted by atomic mass is 9.78. The first-order valence-corrected chi connectivity index (χ1v) is 7.05. The second-order valence-corrected chi connectivity index (χ2v) is 6.21. The van der Waals surface area contributed by atoms with Crippen LogP contribution in [0.4, 0.5) is 4.79 Å². The van der Waals surface area contributed by atoms with E-state index >= 15 is 0 Å². The zero-order valence-corrected chi connectivity index (χ0v) is 12.4. The van der Waals surface area contributed by atoms with E-state index in [1.54, 1.807) is 0 Å². The number of amides is 2. The SMILES string of the molecule is CCCN(C(=O)OC(C)(C)C)C(C(N)=O)C1CCC1. The maximum atomic E-state index is 12.2. The quantitative estimate of drug-likeness (QED) is 0.833. The minimum absolute atomic E-state index is 0.191. The molecule has 0 aromatic carbocycles. The maximum absolute atomic E-state index is 12.2. The van der Waals surface area contributed by atoms with Gasteiger partial charge in [-0.15, -0.1) is 0 Å². The van der Waals surface area contributed by atoms with Crippen molar-refractivity contribution < 1.29 is 14.3 Å². The summed E-state index contributed by atoms with van der Waals surface area (Å²) in [6, 6.07) is -0.524. The first-order valence-electron chi connectivity index (χ1n) is 7.05. The number of nitrogens with zero attached hydrogens (tertiary/aromatic N) is 1. The molecule has 0 bridgehead atoms. The van der Waals surface area contributed by atoms with Gasteiger partial charge < -0.3 is 10.5 Å². The van der Waals surface area contributed by atoms with Crippen LogP contribution in [-0.2, 0) is 9.53 Å². The highest BCUT2D eigenvalue weighted by molar-refractivity contribution is 5.84. The number of hydrogen-bond acceptors (Lipinski definition) is 3. The molecule has 0 saturated heterocycles. The summed E-state index contributed by atoms with van der Waals surface area (Å²) in [7, 11) is 0. The van der Waals surface area contributed by atoms with Gasteiger partial charge in [-0.1, -0.05) is 13.3 Å². The molecule has 0 aromatic rings. The lowest BCUT2D eigenvalue weighted by molar-refractivity contribution is -0.126. The van der Waals surface area contributed by atoms with Crippen LogP contribution in [0, 0.1) is 5.92 Å². The Bertz CT molecular complexity index is 332. The lowest BCUT2D eigenvalue weighted by Gasteiger charge is -2.39. The third-order valence-corrected chi connectivity index (χ3v) is 3.32. The van der Waals surface area contributed by atoms with Crippen LogP contribution < -0.4 is 5.73 Å². The topological polar surface area (TPSA) is 72.6 Å². The van der Waals surface area contributed by atoms with Gasteiger partial charge in [0.2, 0.25) is 5.91 Å². The standard InChI is InChI=1S/C14H26N2O3/c1-5-9-16(13(18)19-14(2,3)4)11(12(15)17)10-7-6-8-10/h10-11H,5-9H2,1-4H3,(H2,15,17). The molecule has 0 radical (unpaired) electrons. The third-order valence-electron chi connectivity index (χ3n) is 3.32. The number of nitrogens with two attached hydrogens (primary N) is 1. The number of carbonyl (C=O) groups is 2. The molecule has 1 rings (SSSR count). The minimum atomic E-state index is -0.565. The van der Waals surface area contributed by atoms with Gasteiger partial charge in [-0.25, -0.2) is 4.79 Å². The van der Waals surface area contributed by atoms with Gasteiger partial charge in [0.05, 0.1) is 0 Å². The second-order valence-electron chi connectivity index (χ2n) is 6.21. The van der Waals surface area contributed by atoms with Crippen molar-refractivity contribution in [1.29, 1.82) is 0 Å². The fourth-order valence-corrected chi connectivity index (χ4v) is 2.30. The fourth-order valence-electron chi connectivity index (χ4n) is 2.30. The summed E-state index contributed by atoms with van der Waals surface area (Å²) in [4.78, 5) is 25.4. The number of primary amides is 1. The van der Waals surface area contributed by atoms with Crippen LogP contribution in [0.1, 0.15) is 53.4 Å². The highest BCUT2D eigenvalue weighted by Crippen LogP contribution is 2.33. The molecule has 5 nitrogen and oxygen atoms in total. The molecule has 1 atom stereocenters. The Balaban J connectivity index is 2.83. The predicted molar refractivity (Wildman–Crippen MR) is 73.6 cm³/mol. The van der Waals surface area contributed by atoms with Gasteiger partial charge in [-0.2, -0.15) is 0 Å². The van der Waals surface area contributed by atoms with Crippen LogP contribution >= 0.6 is 0 Å². The molecule has 1 fully saturated rings. The van der Waals surface area contributed by atoms with Gasteiger partial charge in [0.15, 0.2) is 0 Å². The van der Waals surface area contributed by atoms with E-state index in [1.165, 1.54) is 4.90 Å². The summed E-state index contributed by atoms with van der Waals surface area (Å²) < 4.78 is 5.38. The summed E-state index contributed by atoms with van der Waals surface area (Å²) in [6.45, 7) is 7.92. The molecule has 1 aliphatic carbocycles. The van der Waals surface area contributed by atoms with E-state index in [4.69, 9.17) is 10.5 Å². The number of rotatable bonds is 5. The zero-order valence-electron chi connectivity index (χ0n) is 12.4. The molecule has 0 aliphatic heterocycles. The van der Waals surface area contributed by atoms with Crippen LogP contribution in [0.2, 0.25) is 0 Å². The molecule has 19 heavy (non-hydrogen) atoms. The van der Waals surface area contributed by atoms with Gasteiger partial charge in [0.25, 0.3) is 0 Å². The predicted octanol–water partition coefficient (Wildman–Crippen LogP) is 2.29. The maximum Gasteiger partial charge on any atom is 0.410 e. The van der Waals surface area contributed by atoms with Gasteiger partial charge in [-0.3, -0.25) is 9.69 Å². The molecular formula is C14H26N2O3. The molecule has 110 valence electrons. The van der Waals surface area contributed by atoms with Gasteiger partial charge >= 0.3 is 6.09 Å². The smallest absolute Gasteiger partial charge is 0.410 e. The highest BCUT2D eigenvalue weighted by atomic mass is 16.6. The Labute approximate surface area is 115 Å². The first-order chi connectivity index (χ1) is 8.76. The van der Waals surface area contributed by atoms with Crippen molar-refractivity contribution in [2.24, 2.45) is 11.7 Å². The zero-order chi connectivity index (χ0) is 14.6. The summed E-state index contributed by atoms with van der Waals surface area (Å²) in [5.74, 6) is -0.236. The number of ether oxygens (including phenoxy) is 1. The van der Waals surface area contributed by atoms with Crippen molar-refractivity contribution in [2.45, 2.75) is 65.0 Å². The summed E-state index contributed by atoms with van der Waals surface area (Å²) >= 11 is 0. The summed E-state index contributed by atoms with van der Waals surface area (Å²) in [5.41, 5.74) is 4.93. The van der Waals surface area contributed by atoms with Crippen molar-refractivity contribution in [1.82, 2.24) is 4.90 Å². The molecule has 0 aromatic heterocycles. The van der Waals surface area contributed by atoms with Gasteiger partial charge in [0, 0.05) is 6.54 Å². The van der Waals surface area contributed by atoms with Crippen molar-refractivity contribution in [3.05, 3.63) is 0 Å². The van der Waals surface area contributed by atoms with Crippen LogP contribution in [-0.4, -0.2) is 35.1 Å². The molecule has 5 heteroatoms. The van der Waals surface area contributed by atoms with Crippen molar-refractivity contribution >= 4 is 12.0 Å². The van der Waals surface area contributed by atoms with E-state index in [9.17, 15) is 9.59 Å². The van der Waals surface area contributed by atoms with E-state index in [2.05, 4.69) is 0 Å². The average Bonchev–Trinajstić information content (AvgIpc) is 2.17. The molecule has 1 saturated carbocycles. The number of carbonyl (C=O) groups excluding carboxylic acids is 2. The summed E-state index contributed by atoms with van der Waals surface area (Å²) in [5, 5.41) is 0. The largest absolute Gasteiger partial charge is 0.444 e. The first kappa shape index (κ1) is 15.8. The van der Waals surface area contributed by atoms with Crippen molar-refractivity contribution in [3.8, 4) is 0 Å².